The summed E-state index contributed by atoms with van der Waals surface area (Å²) in [5.41, 5.74) is 1.51. The van der Waals surface area contributed by atoms with Crippen LogP contribution in [0.3, 0.4) is 0 Å². The van der Waals surface area contributed by atoms with Crippen LogP contribution in [0.2, 0.25) is 0 Å². The number of ether oxygens (including phenoxy) is 2. The SMILES string of the molecule is C[C@@H](c1ccccc1)N(C)C(=O)COC(=O)CN1C(=O)CCOc2ccccc21. The molecule has 1 aliphatic heterocycles. The summed E-state index contributed by atoms with van der Waals surface area (Å²) in [4.78, 5) is 40.0. The zero-order chi connectivity index (χ0) is 20.8. The van der Waals surface area contributed by atoms with Crippen molar-refractivity contribution in [3.8, 4) is 5.75 Å². The van der Waals surface area contributed by atoms with Crippen LogP contribution < -0.4 is 9.64 Å². The number of likely N-dealkylation sites (N-methyl/N-ethyl adjacent to an activating group) is 1. The molecule has 0 fully saturated rings. The van der Waals surface area contributed by atoms with E-state index in [9.17, 15) is 14.4 Å². The fraction of sp³-hybridized carbons (Fsp3) is 0.318. The highest BCUT2D eigenvalue weighted by Crippen LogP contribution is 2.30. The summed E-state index contributed by atoms with van der Waals surface area (Å²) in [6.07, 6.45) is 0.165. The number of rotatable bonds is 6. The van der Waals surface area contributed by atoms with Crippen LogP contribution >= 0.6 is 0 Å². The van der Waals surface area contributed by atoms with E-state index in [4.69, 9.17) is 9.47 Å². The Hall–Kier alpha value is -3.35. The van der Waals surface area contributed by atoms with Gasteiger partial charge in [0.2, 0.25) is 5.91 Å². The maximum atomic E-state index is 12.4. The Labute approximate surface area is 169 Å². The highest BCUT2D eigenvalue weighted by atomic mass is 16.5. The van der Waals surface area contributed by atoms with E-state index in [1.54, 1.807) is 31.3 Å². The molecule has 0 aromatic heterocycles. The molecule has 152 valence electrons. The number of amides is 2. The molecule has 0 aliphatic carbocycles. The van der Waals surface area contributed by atoms with Crippen LogP contribution in [0.1, 0.15) is 24.9 Å². The van der Waals surface area contributed by atoms with E-state index in [0.29, 0.717) is 11.4 Å². The van der Waals surface area contributed by atoms with Gasteiger partial charge in [0.05, 0.1) is 24.8 Å². The van der Waals surface area contributed by atoms with Gasteiger partial charge >= 0.3 is 5.97 Å². The largest absolute Gasteiger partial charge is 0.491 e. The second-order valence-corrected chi connectivity index (χ2v) is 6.80. The Bertz CT molecular complexity index is 884. The number of carbonyl (C=O) groups excluding carboxylic acids is 3. The molecule has 0 unspecified atom stereocenters. The van der Waals surface area contributed by atoms with E-state index in [-0.39, 0.29) is 44.0 Å². The molecule has 0 radical (unpaired) electrons. The first-order valence-electron chi connectivity index (χ1n) is 9.46. The first kappa shape index (κ1) is 20.4. The number of para-hydroxylation sites is 2. The zero-order valence-corrected chi connectivity index (χ0v) is 16.5. The molecule has 29 heavy (non-hydrogen) atoms. The van der Waals surface area contributed by atoms with E-state index >= 15 is 0 Å². The zero-order valence-electron chi connectivity index (χ0n) is 16.5. The van der Waals surface area contributed by atoms with E-state index in [1.165, 1.54) is 9.80 Å². The molecule has 0 bridgehead atoms. The van der Waals surface area contributed by atoms with Gasteiger partial charge < -0.3 is 14.4 Å². The Kier molecular flexibility index (Phi) is 6.49. The average Bonchev–Trinajstić information content (AvgIpc) is 2.90. The summed E-state index contributed by atoms with van der Waals surface area (Å²) in [6.45, 7) is 1.50. The highest BCUT2D eigenvalue weighted by Gasteiger charge is 2.26. The molecule has 0 saturated heterocycles. The molecule has 0 saturated carbocycles. The molecule has 2 amide bonds. The first-order chi connectivity index (χ1) is 14.0. The lowest BCUT2D eigenvalue weighted by molar-refractivity contribution is -0.151. The summed E-state index contributed by atoms with van der Waals surface area (Å²) >= 11 is 0. The molecule has 2 aromatic carbocycles. The third kappa shape index (κ3) is 4.93. The summed E-state index contributed by atoms with van der Waals surface area (Å²) in [6, 6.07) is 16.5. The van der Waals surface area contributed by atoms with Crippen LogP contribution in [-0.4, -0.2) is 49.5 Å². The van der Waals surface area contributed by atoms with Crippen LogP contribution in [0.15, 0.2) is 54.6 Å². The summed E-state index contributed by atoms with van der Waals surface area (Å²) in [5.74, 6) is -0.656. The predicted octanol–water partition coefficient (Wildman–Crippen LogP) is 2.56. The predicted molar refractivity (Wildman–Crippen MR) is 107 cm³/mol. The number of anilines is 1. The van der Waals surface area contributed by atoms with Crippen molar-refractivity contribution in [3.63, 3.8) is 0 Å². The van der Waals surface area contributed by atoms with Crippen LogP contribution in [-0.2, 0) is 19.1 Å². The van der Waals surface area contributed by atoms with Crippen LogP contribution in [0.25, 0.3) is 0 Å². The molecule has 0 N–H and O–H groups in total. The molecule has 3 rings (SSSR count). The molecule has 1 aliphatic rings. The normalized spacial score (nSPS) is 14.3. The number of nitrogens with zero attached hydrogens (tertiary/aromatic N) is 2. The third-order valence-electron chi connectivity index (χ3n) is 4.93. The van der Waals surface area contributed by atoms with Crippen molar-refractivity contribution >= 4 is 23.5 Å². The minimum atomic E-state index is -0.649. The van der Waals surface area contributed by atoms with Gasteiger partial charge in [-0.1, -0.05) is 42.5 Å². The molecule has 7 nitrogen and oxygen atoms in total. The fourth-order valence-corrected chi connectivity index (χ4v) is 3.08. The van der Waals surface area contributed by atoms with Crippen LogP contribution in [0, 0.1) is 0 Å². The number of carbonyl (C=O) groups is 3. The van der Waals surface area contributed by atoms with Crippen LogP contribution in [0.5, 0.6) is 5.75 Å². The molecule has 7 heteroatoms. The van der Waals surface area contributed by atoms with Gasteiger partial charge in [0, 0.05) is 7.05 Å². The van der Waals surface area contributed by atoms with Crippen molar-refractivity contribution in [3.05, 3.63) is 60.2 Å². The summed E-state index contributed by atoms with van der Waals surface area (Å²) < 4.78 is 10.7. The molecule has 1 heterocycles. The quantitative estimate of drug-likeness (QED) is 0.702. The fourth-order valence-electron chi connectivity index (χ4n) is 3.08. The van der Waals surface area contributed by atoms with E-state index in [0.717, 1.165) is 5.56 Å². The average molecular weight is 396 g/mol. The number of hydrogen-bond acceptors (Lipinski definition) is 5. The minimum absolute atomic E-state index is 0.154. The minimum Gasteiger partial charge on any atom is -0.491 e. The van der Waals surface area contributed by atoms with Crippen LogP contribution in [0.4, 0.5) is 5.69 Å². The van der Waals surface area contributed by atoms with Gasteiger partial charge in [0.15, 0.2) is 6.61 Å². The van der Waals surface area contributed by atoms with Gasteiger partial charge in [-0.05, 0) is 24.6 Å². The standard InChI is InChI=1S/C22H24N2O5/c1-16(17-8-4-3-5-9-17)23(2)21(26)15-29-22(27)14-24-18-10-6-7-11-19(18)28-13-12-20(24)25/h3-11,16H,12-15H2,1-2H3/t16-/m0/s1. The van der Waals surface area contributed by atoms with Crippen molar-refractivity contribution in [2.24, 2.45) is 0 Å². The molecular weight excluding hydrogens is 372 g/mol. The highest BCUT2D eigenvalue weighted by molar-refractivity contribution is 5.99. The lowest BCUT2D eigenvalue weighted by Crippen LogP contribution is -2.38. The van der Waals surface area contributed by atoms with Crippen molar-refractivity contribution < 1.29 is 23.9 Å². The number of fused-ring (bicyclic) bond motifs is 1. The maximum absolute atomic E-state index is 12.4. The van der Waals surface area contributed by atoms with Gasteiger partial charge in [0.1, 0.15) is 12.3 Å². The third-order valence-corrected chi connectivity index (χ3v) is 4.93. The van der Waals surface area contributed by atoms with Crippen molar-refractivity contribution in [2.75, 3.05) is 31.7 Å². The van der Waals surface area contributed by atoms with Crippen molar-refractivity contribution in [1.29, 1.82) is 0 Å². The van der Waals surface area contributed by atoms with Gasteiger partial charge in [-0.15, -0.1) is 0 Å². The van der Waals surface area contributed by atoms with Crippen molar-refractivity contribution in [1.82, 2.24) is 4.90 Å². The Morgan fingerprint density at radius 1 is 1.14 bits per heavy atom. The summed E-state index contributed by atoms with van der Waals surface area (Å²) in [5, 5.41) is 0. The van der Waals surface area contributed by atoms with E-state index < -0.39 is 5.97 Å². The van der Waals surface area contributed by atoms with E-state index in [2.05, 4.69) is 0 Å². The molecule has 0 spiro atoms. The lowest BCUT2D eigenvalue weighted by atomic mass is 10.1. The van der Waals surface area contributed by atoms with Gasteiger partial charge in [0.25, 0.3) is 5.91 Å². The van der Waals surface area contributed by atoms with Gasteiger partial charge in [-0.25, -0.2) is 0 Å². The second kappa shape index (κ2) is 9.23. The Balaban J connectivity index is 1.58. The lowest BCUT2D eigenvalue weighted by Gasteiger charge is -2.25. The van der Waals surface area contributed by atoms with Gasteiger partial charge in [-0.3, -0.25) is 19.3 Å². The molecular formula is C22H24N2O5. The Morgan fingerprint density at radius 2 is 1.83 bits per heavy atom. The second-order valence-electron chi connectivity index (χ2n) is 6.80. The number of hydrogen-bond donors (Lipinski definition) is 0. The first-order valence-corrected chi connectivity index (χ1v) is 9.46. The topological polar surface area (TPSA) is 76.2 Å². The molecule has 2 aromatic rings. The number of esters is 1. The number of benzene rings is 2. The Morgan fingerprint density at radius 3 is 2.59 bits per heavy atom. The van der Waals surface area contributed by atoms with Gasteiger partial charge in [-0.2, -0.15) is 0 Å². The van der Waals surface area contributed by atoms with E-state index in [1.807, 2.05) is 37.3 Å². The maximum Gasteiger partial charge on any atom is 0.326 e. The summed E-state index contributed by atoms with van der Waals surface area (Å²) in [7, 11) is 1.67. The monoisotopic (exact) mass is 396 g/mol. The smallest absolute Gasteiger partial charge is 0.326 e. The van der Waals surface area contributed by atoms with Crippen molar-refractivity contribution in [2.45, 2.75) is 19.4 Å². The molecule has 1 atom stereocenters.